The largest absolute Gasteiger partial charge is 0.444 e. The average molecular weight is 747 g/mol. The number of ether oxygens (including phenoxy) is 3. The molecule has 2 bridgehead atoms. The Kier molecular flexibility index (Phi) is 8.27. The van der Waals surface area contributed by atoms with E-state index in [0.29, 0.717) is 36.1 Å². The van der Waals surface area contributed by atoms with Crippen LogP contribution in [-0.4, -0.2) is 58.1 Å². The lowest BCUT2D eigenvalue weighted by Crippen LogP contribution is -2.53. The molecule has 51 heavy (non-hydrogen) atoms. The van der Waals surface area contributed by atoms with Crippen molar-refractivity contribution in [2.45, 2.75) is 113 Å². The maximum atomic E-state index is 14.7. The van der Waals surface area contributed by atoms with Gasteiger partial charge in [-0.1, -0.05) is 18.2 Å². The average Bonchev–Trinajstić information content (AvgIpc) is 3.89. The molecule has 2 saturated heterocycles. The van der Waals surface area contributed by atoms with Crippen LogP contribution < -0.4 is 20.7 Å². The lowest BCUT2D eigenvalue weighted by atomic mass is 10.0. The molecule has 2 aliphatic heterocycles. The summed E-state index contributed by atoms with van der Waals surface area (Å²) < 4.78 is 79.9. The molecule has 8 rings (SSSR count). The third kappa shape index (κ3) is 5.91. The molecule has 1 aromatic carbocycles. The van der Waals surface area contributed by atoms with Gasteiger partial charge in [0.1, 0.15) is 28.5 Å². The molecule has 2 saturated carbocycles. The molecule has 13 nitrogen and oxygen atoms in total. The summed E-state index contributed by atoms with van der Waals surface area (Å²) in [6.07, 6.45) is 5.20. The SMILES string of the molecule is Cc1c(-c2ncco2)sc2c1c(=O)n(C1(C(=O)NS(=O)(=O)C3(C)CC3)CC1)c(=O)n2CC(OC1C[C@H]2CC[C@@H](C1)O2)c1ccccc1OC(F)F. The summed E-state index contributed by atoms with van der Waals surface area (Å²) in [6.45, 7) is -0.182. The lowest BCUT2D eigenvalue weighted by Gasteiger charge is -2.32. The molecule has 4 fully saturated rings. The van der Waals surface area contributed by atoms with Gasteiger partial charge in [0.2, 0.25) is 15.9 Å². The minimum atomic E-state index is -4.09. The molecule has 4 aromatic rings. The van der Waals surface area contributed by atoms with E-state index in [1.807, 2.05) is 0 Å². The fraction of sp³-hybridized carbons (Fsp3) is 0.529. The van der Waals surface area contributed by atoms with Crippen LogP contribution in [0, 0.1) is 6.92 Å². The Balaban J connectivity index is 1.29. The maximum Gasteiger partial charge on any atom is 0.387 e. The van der Waals surface area contributed by atoms with Crippen LogP contribution >= 0.6 is 11.3 Å². The van der Waals surface area contributed by atoms with E-state index in [-0.39, 0.29) is 65.1 Å². The zero-order valence-corrected chi connectivity index (χ0v) is 29.4. The zero-order chi connectivity index (χ0) is 35.9. The molecular formula is C34H36F2N4O9S2. The van der Waals surface area contributed by atoms with Gasteiger partial charge >= 0.3 is 12.3 Å². The van der Waals surface area contributed by atoms with Gasteiger partial charge in [0.15, 0.2) is 0 Å². The van der Waals surface area contributed by atoms with Crippen LogP contribution in [0.15, 0.2) is 50.7 Å². The Morgan fingerprint density at radius 1 is 1.14 bits per heavy atom. The highest BCUT2D eigenvalue weighted by Gasteiger charge is 2.58. The van der Waals surface area contributed by atoms with Gasteiger partial charge in [-0.25, -0.2) is 22.8 Å². The van der Waals surface area contributed by atoms with E-state index in [9.17, 15) is 31.6 Å². The third-order valence-corrected chi connectivity index (χ3v) is 14.1. The summed E-state index contributed by atoms with van der Waals surface area (Å²) in [5.74, 6) is -0.880. The van der Waals surface area contributed by atoms with Crippen LogP contribution in [0.3, 0.4) is 0 Å². The number of carbonyl (C=O) groups excluding carboxylic acids is 1. The summed E-state index contributed by atoms with van der Waals surface area (Å²) in [5.41, 5.74) is -2.69. The molecule has 0 radical (unpaired) electrons. The number of halogens is 2. The lowest BCUT2D eigenvalue weighted by molar-refractivity contribution is -0.124. The highest BCUT2D eigenvalue weighted by molar-refractivity contribution is 7.91. The highest BCUT2D eigenvalue weighted by Crippen LogP contribution is 2.46. The zero-order valence-electron chi connectivity index (χ0n) is 27.8. The highest BCUT2D eigenvalue weighted by atomic mass is 32.2. The number of hydrogen-bond acceptors (Lipinski definition) is 11. The van der Waals surface area contributed by atoms with Crippen LogP contribution in [0.1, 0.15) is 75.5 Å². The number of aromatic nitrogens is 3. The monoisotopic (exact) mass is 746 g/mol. The number of hydrogen-bond donors (Lipinski definition) is 1. The Morgan fingerprint density at radius 2 is 1.84 bits per heavy atom. The molecule has 4 aliphatic rings. The summed E-state index contributed by atoms with van der Waals surface area (Å²) in [6, 6.07) is 6.18. The Hall–Kier alpha value is -3.93. The van der Waals surface area contributed by atoms with Crippen LogP contribution in [0.4, 0.5) is 8.78 Å². The van der Waals surface area contributed by atoms with Crippen molar-refractivity contribution < 1.29 is 40.6 Å². The topological polar surface area (TPSA) is 161 Å². The number of aryl methyl sites for hydroxylation is 1. The number of amides is 1. The van der Waals surface area contributed by atoms with Crippen molar-refractivity contribution in [2.75, 3.05) is 0 Å². The quantitative estimate of drug-likeness (QED) is 0.214. The number of para-hydroxylation sites is 1. The second-order valence-corrected chi connectivity index (χ2v) is 17.3. The minimum Gasteiger partial charge on any atom is -0.444 e. The maximum absolute atomic E-state index is 14.7. The summed E-state index contributed by atoms with van der Waals surface area (Å²) in [7, 11) is -4.09. The number of carbonyl (C=O) groups is 1. The van der Waals surface area contributed by atoms with Crippen molar-refractivity contribution in [2.24, 2.45) is 0 Å². The Morgan fingerprint density at radius 3 is 2.47 bits per heavy atom. The molecule has 272 valence electrons. The van der Waals surface area contributed by atoms with E-state index in [1.54, 1.807) is 25.1 Å². The Bertz CT molecular complexity index is 2230. The summed E-state index contributed by atoms with van der Waals surface area (Å²) in [5, 5.41) is 0.115. The number of benzene rings is 1. The first-order valence-corrected chi connectivity index (χ1v) is 19.2. The molecule has 2 aliphatic carbocycles. The number of nitrogens with zero attached hydrogens (tertiary/aromatic N) is 3. The molecule has 3 aromatic heterocycles. The smallest absolute Gasteiger partial charge is 0.387 e. The van der Waals surface area contributed by atoms with E-state index in [4.69, 9.17) is 18.6 Å². The molecular weight excluding hydrogens is 711 g/mol. The van der Waals surface area contributed by atoms with E-state index >= 15 is 0 Å². The van der Waals surface area contributed by atoms with Crippen molar-refractivity contribution in [3.63, 3.8) is 0 Å². The van der Waals surface area contributed by atoms with Crippen molar-refractivity contribution in [1.82, 2.24) is 18.8 Å². The molecule has 2 unspecified atom stereocenters. The normalized spacial score (nSPS) is 23.7. The minimum absolute atomic E-state index is 0.0102. The molecule has 5 heterocycles. The standard InChI is InChI=1S/C34H36F2N4O9S2/c1-18-25-28(41)40(34(11-12-34)30(42)38-51(44,45)33(2)9-10-33)32(43)39(29(25)50-26(18)27-37-13-14-46-27)17-24(22-5-3-4-6-23(22)49-31(35)36)48-21-15-19-7-8-20(16-21)47-19/h3-6,13-14,19-21,24,31H,7-12,15-17H2,1-2H3,(H,38,42)/t19-,20+,21?,24?. The number of sulfonamides is 1. The first kappa shape index (κ1) is 34.2. The molecule has 1 N–H and O–H groups in total. The van der Waals surface area contributed by atoms with Crippen molar-refractivity contribution in [1.29, 1.82) is 0 Å². The number of alkyl halides is 2. The molecule has 1 amide bonds. The first-order chi connectivity index (χ1) is 24.3. The van der Waals surface area contributed by atoms with Gasteiger partial charge in [-0.2, -0.15) is 8.78 Å². The van der Waals surface area contributed by atoms with E-state index < -0.39 is 50.2 Å². The fourth-order valence-corrected chi connectivity index (χ4v) is 9.93. The number of thiophene rings is 1. The predicted molar refractivity (Wildman–Crippen MR) is 180 cm³/mol. The van der Waals surface area contributed by atoms with Gasteiger partial charge < -0.3 is 18.6 Å². The number of fused-ring (bicyclic) bond motifs is 3. The first-order valence-electron chi connectivity index (χ1n) is 16.9. The molecule has 17 heteroatoms. The summed E-state index contributed by atoms with van der Waals surface area (Å²) >= 11 is 1.09. The van der Waals surface area contributed by atoms with Crippen LogP contribution in [0.2, 0.25) is 0 Å². The molecule has 4 atom stereocenters. The Labute approximate surface area is 294 Å². The van der Waals surface area contributed by atoms with Crippen molar-refractivity contribution >= 4 is 37.5 Å². The van der Waals surface area contributed by atoms with E-state index in [1.165, 1.54) is 30.0 Å². The third-order valence-electron chi connectivity index (χ3n) is 10.7. The molecule has 0 spiro atoms. The predicted octanol–water partition coefficient (Wildman–Crippen LogP) is 4.75. The van der Waals surface area contributed by atoms with Crippen LogP contribution in [0.5, 0.6) is 5.75 Å². The van der Waals surface area contributed by atoms with Crippen LogP contribution in [0.25, 0.3) is 21.0 Å². The van der Waals surface area contributed by atoms with Gasteiger partial charge in [0, 0.05) is 5.56 Å². The van der Waals surface area contributed by atoms with Gasteiger partial charge in [-0.3, -0.25) is 18.9 Å². The van der Waals surface area contributed by atoms with Gasteiger partial charge in [-0.15, -0.1) is 11.3 Å². The van der Waals surface area contributed by atoms with Crippen molar-refractivity contribution in [3.8, 4) is 16.5 Å². The van der Waals surface area contributed by atoms with E-state index in [0.717, 1.165) is 28.7 Å². The number of nitrogens with one attached hydrogen (secondary N) is 1. The van der Waals surface area contributed by atoms with Crippen LogP contribution in [-0.2, 0) is 36.4 Å². The van der Waals surface area contributed by atoms with Crippen molar-refractivity contribution in [3.05, 3.63) is 68.7 Å². The number of rotatable bonds is 12. The second-order valence-electron chi connectivity index (χ2n) is 14.1. The second kappa shape index (κ2) is 12.3. The van der Waals surface area contributed by atoms with Gasteiger partial charge in [0.05, 0.1) is 46.1 Å². The van der Waals surface area contributed by atoms with Gasteiger partial charge in [0.25, 0.3) is 11.5 Å². The number of oxazole rings is 1. The van der Waals surface area contributed by atoms with Gasteiger partial charge in [-0.05, 0) is 76.8 Å². The van der Waals surface area contributed by atoms with E-state index in [2.05, 4.69) is 9.71 Å². The fourth-order valence-electron chi connectivity index (χ4n) is 7.36. The summed E-state index contributed by atoms with van der Waals surface area (Å²) in [4.78, 5) is 47.9.